The van der Waals surface area contributed by atoms with Crippen LogP contribution in [0.1, 0.15) is 34.5 Å². The molecule has 0 aromatic carbocycles. The predicted molar refractivity (Wildman–Crippen MR) is 99.7 cm³/mol. The molecule has 0 spiro atoms. The van der Waals surface area contributed by atoms with E-state index >= 15 is 0 Å². The number of rotatable bonds is 4. The van der Waals surface area contributed by atoms with Gasteiger partial charge in [-0.25, -0.2) is 4.98 Å². The first kappa shape index (κ1) is 16.9. The highest BCUT2D eigenvalue weighted by Gasteiger charge is 2.31. The van der Waals surface area contributed by atoms with Crippen molar-refractivity contribution in [2.45, 2.75) is 25.4 Å². The molecule has 0 aliphatic carbocycles. The number of carbonyl (C=O) groups excluding carboxylic acids is 1. The van der Waals surface area contributed by atoms with E-state index in [1.165, 1.54) is 24.2 Å². The Morgan fingerprint density at radius 1 is 1.31 bits per heavy atom. The molecule has 2 saturated heterocycles. The largest absolute Gasteiger partial charge is 0.485 e. The van der Waals surface area contributed by atoms with E-state index in [4.69, 9.17) is 10.00 Å². The number of likely N-dealkylation sites (tertiary alicyclic amines) is 1. The van der Waals surface area contributed by atoms with Crippen molar-refractivity contribution >= 4 is 23.1 Å². The molecule has 26 heavy (non-hydrogen) atoms. The number of hydrogen-bond acceptors (Lipinski definition) is 6. The van der Waals surface area contributed by atoms with Gasteiger partial charge in [0.25, 0.3) is 5.91 Å². The lowest BCUT2D eigenvalue weighted by Gasteiger charge is -2.22. The highest BCUT2D eigenvalue weighted by atomic mass is 32.1. The van der Waals surface area contributed by atoms with Crippen molar-refractivity contribution in [3.05, 3.63) is 40.2 Å². The lowest BCUT2D eigenvalue weighted by molar-refractivity contribution is 0.0777. The van der Waals surface area contributed by atoms with Crippen LogP contribution < -0.4 is 9.64 Å². The smallest absolute Gasteiger partial charge is 0.265 e. The number of thiophene rings is 1. The van der Waals surface area contributed by atoms with Gasteiger partial charge in [-0.05, 0) is 36.4 Å². The van der Waals surface area contributed by atoms with E-state index < -0.39 is 0 Å². The predicted octanol–water partition coefficient (Wildman–Crippen LogP) is 2.91. The molecule has 4 heterocycles. The molecule has 2 aromatic heterocycles. The van der Waals surface area contributed by atoms with Gasteiger partial charge in [-0.1, -0.05) is 0 Å². The van der Waals surface area contributed by atoms with E-state index in [2.05, 4.69) is 16.0 Å². The minimum absolute atomic E-state index is 0.0463. The van der Waals surface area contributed by atoms with Gasteiger partial charge in [-0.3, -0.25) is 4.79 Å². The topological polar surface area (TPSA) is 69.5 Å². The second kappa shape index (κ2) is 7.34. The Morgan fingerprint density at radius 2 is 2.15 bits per heavy atom. The molecule has 2 aromatic rings. The van der Waals surface area contributed by atoms with Crippen molar-refractivity contribution in [2.75, 3.05) is 31.1 Å². The number of aromatic nitrogens is 1. The number of carbonyl (C=O) groups is 1. The normalized spacial score (nSPS) is 19.6. The molecule has 1 amide bonds. The lowest BCUT2D eigenvalue weighted by atomic mass is 10.2. The summed E-state index contributed by atoms with van der Waals surface area (Å²) in [5, 5.41) is 10.9. The fourth-order valence-electron chi connectivity index (χ4n) is 3.54. The summed E-state index contributed by atoms with van der Waals surface area (Å²) in [5.41, 5.74) is 0.452. The highest BCUT2D eigenvalue weighted by molar-refractivity contribution is 7.12. The maximum atomic E-state index is 12.7. The van der Waals surface area contributed by atoms with Gasteiger partial charge < -0.3 is 14.5 Å². The minimum atomic E-state index is -0.0754. The summed E-state index contributed by atoms with van der Waals surface area (Å²) in [6.45, 7) is 3.21. The molecule has 2 aliphatic heterocycles. The molecule has 2 aliphatic rings. The average molecular weight is 368 g/mol. The third-order valence-corrected chi connectivity index (χ3v) is 5.76. The highest BCUT2D eigenvalue weighted by Crippen LogP contribution is 2.31. The Labute approximate surface area is 156 Å². The Hall–Kier alpha value is -2.59. The summed E-state index contributed by atoms with van der Waals surface area (Å²) in [5.74, 6) is 1.62. The van der Waals surface area contributed by atoms with Crippen LogP contribution in [0.15, 0.2) is 29.8 Å². The fourth-order valence-corrected chi connectivity index (χ4v) is 4.35. The maximum absolute atomic E-state index is 12.7. The van der Waals surface area contributed by atoms with Crippen LogP contribution in [0.4, 0.5) is 5.82 Å². The van der Waals surface area contributed by atoms with Crippen molar-refractivity contribution < 1.29 is 9.53 Å². The van der Waals surface area contributed by atoms with Crippen molar-refractivity contribution in [1.29, 1.82) is 5.26 Å². The number of amides is 1. The van der Waals surface area contributed by atoms with Crippen LogP contribution in [0.5, 0.6) is 5.75 Å². The maximum Gasteiger partial charge on any atom is 0.265 e. The Balaban J connectivity index is 1.44. The van der Waals surface area contributed by atoms with E-state index in [-0.39, 0.29) is 12.0 Å². The van der Waals surface area contributed by atoms with Crippen LogP contribution in [-0.4, -0.2) is 48.1 Å². The van der Waals surface area contributed by atoms with Gasteiger partial charge in [0.05, 0.1) is 12.1 Å². The molecule has 2 fully saturated rings. The molecule has 0 bridgehead atoms. The zero-order valence-corrected chi connectivity index (χ0v) is 15.2. The van der Waals surface area contributed by atoms with E-state index in [0.29, 0.717) is 23.5 Å². The second-order valence-electron chi connectivity index (χ2n) is 6.57. The second-order valence-corrected chi connectivity index (χ2v) is 7.49. The third-order valence-electron chi connectivity index (χ3n) is 4.86. The number of hydrogen-bond donors (Lipinski definition) is 0. The lowest BCUT2D eigenvalue weighted by Crippen LogP contribution is -2.31. The first-order valence-electron chi connectivity index (χ1n) is 8.90. The molecule has 134 valence electrons. The van der Waals surface area contributed by atoms with Crippen LogP contribution in [0.25, 0.3) is 0 Å². The Bertz CT molecular complexity index is 838. The quantitative estimate of drug-likeness (QED) is 0.830. The molecule has 1 atom stereocenters. The molecule has 6 nitrogen and oxygen atoms in total. The fraction of sp³-hybridized carbons (Fsp3) is 0.421. The third kappa shape index (κ3) is 3.25. The van der Waals surface area contributed by atoms with Gasteiger partial charge in [-0.2, -0.15) is 5.26 Å². The van der Waals surface area contributed by atoms with Crippen LogP contribution in [0.3, 0.4) is 0 Å². The van der Waals surface area contributed by atoms with E-state index in [1.54, 1.807) is 22.5 Å². The zero-order chi connectivity index (χ0) is 17.9. The Kier molecular flexibility index (Phi) is 4.76. The number of pyridine rings is 1. The summed E-state index contributed by atoms with van der Waals surface area (Å²) >= 11 is 1.32. The SMILES string of the molecule is N#Cc1ccsc1C(=O)N1CC[C@@H](Oc2cccnc2N2CCCC2)C1. The van der Waals surface area contributed by atoms with Crippen LogP contribution in [0.2, 0.25) is 0 Å². The van der Waals surface area contributed by atoms with Crippen LogP contribution in [0, 0.1) is 11.3 Å². The summed E-state index contributed by atoms with van der Waals surface area (Å²) in [7, 11) is 0. The van der Waals surface area contributed by atoms with Gasteiger partial charge in [0.1, 0.15) is 17.1 Å². The molecule has 7 heteroatoms. The monoisotopic (exact) mass is 368 g/mol. The molecule has 0 unspecified atom stereocenters. The minimum Gasteiger partial charge on any atom is -0.485 e. The molecule has 0 N–H and O–H groups in total. The van der Waals surface area contributed by atoms with Crippen LogP contribution >= 0.6 is 11.3 Å². The van der Waals surface area contributed by atoms with Gasteiger partial charge in [0, 0.05) is 32.3 Å². The van der Waals surface area contributed by atoms with E-state index in [9.17, 15) is 4.79 Å². The average Bonchev–Trinajstić information content (AvgIpc) is 3.42. The summed E-state index contributed by atoms with van der Waals surface area (Å²) < 4.78 is 6.21. The number of ether oxygens (including phenoxy) is 1. The molecular formula is C19H20N4O2S. The summed E-state index contributed by atoms with van der Waals surface area (Å²) in [4.78, 5) is 21.7. The molecular weight excluding hydrogens is 348 g/mol. The van der Waals surface area contributed by atoms with Gasteiger partial charge >= 0.3 is 0 Å². The molecule has 4 rings (SSSR count). The summed E-state index contributed by atoms with van der Waals surface area (Å²) in [6.07, 6.45) is 4.90. The first-order valence-corrected chi connectivity index (χ1v) is 9.77. The Morgan fingerprint density at radius 3 is 2.96 bits per heavy atom. The van der Waals surface area contributed by atoms with Crippen LogP contribution in [-0.2, 0) is 0 Å². The molecule has 0 radical (unpaired) electrons. The van der Waals surface area contributed by atoms with Gasteiger partial charge in [0.15, 0.2) is 11.6 Å². The zero-order valence-electron chi connectivity index (χ0n) is 14.4. The van der Waals surface area contributed by atoms with E-state index in [1.807, 2.05) is 12.1 Å². The first-order chi connectivity index (χ1) is 12.8. The van der Waals surface area contributed by atoms with Crippen molar-refractivity contribution in [2.24, 2.45) is 0 Å². The van der Waals surface area contributed by atoms with Gasteiger partial charge in [-0.15, -0.1) is 11.3 Å². The molecule has 0 saturated carbocycles. The van der Waals surface area contributed by atoms with Crippen molar-refractivity contribution in [1.82, 2.24) is 9.88 Å². The van der Waals surface area contributed by atoms with Crippen molar-refractivity contribution in [3.8, 4) is 11.8 Å². The summed E-state index contributed by atoms with van der Waals surface area (Å²) in [6, 6.07) is 7.63. The van der Waals surface area contributed by atoms with Crippen molar-refractivity contribution in [3.63, 3.8) is 0 Å². The number of nitrogens with zero attached hydrogens (tertiary/aromatic N) is 4. The number of anilines is 1. The van der Waals surface area contributed by atoms with Gasteiger partial charge in [0.2, 0.25) is 0 Å². The van der Waals surface area contributed by atoms with E-state index in [0.717, 1.165) is 31.1 Å². The standard InChI is InChI=1S/C19H20N4O2S/c20-12-14-6-11-26-17(14)19(24)23-10-5-15(13-23)25-16-4-3-7-21-18(16)22-8-1-2-9-22/h3-4,6-7,11,15H,1-2,5,8-10,13H2/t15-/m1/s1. The number of nitriles is 1.